The highest BCUT2D eigenvalue weighted by Gasteiger charge is 2.10. The SMILES string of the molecule is CC(N)c1cc(Br)ccc1Sc1cc2ccccc2[nH]1. The van der Waals surface area contributed by atoms with E-state index in [1.54, 1.807) is 11.8 Å². The van der Waals surface area contributed by atoms with E-state index in [-0.39, 0.29) is 6.04 Å². The zero-order chi connectivity index (χ0) is 14.1. The molecule has 1 aromatic heterocycles. The lowest BCUT2D eigenvalue weighted by Crippen LogP contribution is -2.06. The second kappa shape index (κ2) is 5.64. The van der Waals surface area contributed by atoms with Crippen molar-refractivity contribution < 1.29 is 0 Å². The van der Waals surface area contributed by atoms with E-state index in [2.05, 4.69) is 63.4 Å². The Balaban J connectivity index is 1.98. The summed E-state index contributed by atoms with van der Waals surface area (Å²) in [5, 5.41) is 2.37. The van der Waals surface area contributed by atoms with Gasteiger partial charge < -0.3 is 10.7 Å². The average Bonchev–Trinajstić information content (AvgIpc) is 2.82. The van der Waals surface area contributed by atoms with Crippen LogP contribution in [0.3, 0.4) is 0 Å². The Bertz CT molecular complexity index is 716. The second-order valence-corrected chi connectivity index (χ2v) is 6.79. The number of nitrogens with one attached hydrogen (secondary N) is 1. The van der Waals surface area contributed by atoms with E-state index < -0.39 is 0 Å². The van der Waals surface area contributed by atoms with E-state index in [4.69, 9.17) is 5.73 Å². The molecule has 3 N–H and O–H groups in total. The maximum Gasteiger partial charge on any atom is 0.0780 e. The molecule has 2 nitrogen and oxygen atoms in total. The van der Waals surface area contributed by atoms with Gasteiger partial charge in [0, 0.05) is 26.3 Å². The number of hydrogen-bond acceptors (Lipinski definition) is 2. The van der Waals surface area contributed by atoms with Crippen LogP contribution in [-0.4, -0.2) is 4.98 Å². The Kier molecular flexibility index (Phi) is 3.87. The van der Waals surface area contributed by atoms with Crippen molar-refractivity contribution in [3.63, 3.8) is 0 Å². The molecule has 3 rings (SSSR count). The van der Waals surface area contributed by atoms with Crippen LogP contribution in [0, 0.1) is 0 Å². The minimum absolute atomic E-state index is 0.0133. The topological polar surface area (TPSA) is 41.8 Å². The number of fused-ring (bicyclic) bond motifs is 1. The summed E-state index contributed by atoms with van der Waals surface area (Å²) >= 11 is 5.23. The molecule has 4 heteroatoms. The molecule has 0 saturated heterocycles. The predicted octanol–water partition coefficient (Wildman–Crippen LogP) is 5.10. The smallest absolute Gasteiger partial charge is 0.0780 e. The molecule has 2 aromatic carbocycles. The fraction of sp³-hybridized carbons (Fsp3) is 0.125. The molecule has 20 heavy (non-hydrogen) atoms. The summed E-state index contributed by atoms with van der Waals surface area (Å²) in [5.74, 6) is 0. The van der Waals surface area contributed by atoms with Gasteiger partial charge >= 0.3 is 0 Å². The van der Waals surface area contributed by atoms with E-state index in [1.807, 2.05) is 13.0 Å². The quantitative estimate of drug-likeness (QED) is 0.692. The van der Waals surface area contributed by atoms with Crippen LogP contribution in [0.15, 0.2) is 62.9 Å². The second-order valence-electron chi connectivity index (χ2n) is 4.79. The Morgan fingerprint density at radius 3 is 2.70 bits per heavy atom. The molecule has 0 fully saturated rings. The fourth-order valence-electron chi connectivity index (χ4n) is 2.19. The molecular weight excluding hydrogens is 332 g/mol. The Labute approximate surface area is 130 Å². The minimum Gasteiger partial charge on any atom is -0.349 e. The first-order valence-electron chi connectivity index (χ1n) is 6.44. The van der Waals surface area contributed by atoms with Gasteiger partial charge in [-0.1, -0.05) is 45.9 Å². The summed E-state index contributed by atoms with van der Waals surface area (Å²) in [4.78, 5) is 4.62. The number of hydrogen-bond donors (Lipinski definition) is 2. The third kappa shape index (κ3) is 2.77. The Morgan fingerprint density at radius 2 is 1.95 bits per heavy atom. The lowest BCUT2D eigenvalue weighted by atomic mass is 10.1. The van der Waals surface area contributed by atoms with Crippen molar-refractivity contribution in [3.05, 3.63) is 58.6 Å². The number of aromatic nitrogens is 1. The molecule has 0 aliphatic heterocycles. The molecular formula is C16H15BrN2S. The average molecular weight is 347 g/mol. The summed E-state index contributed by atoms with van der Waals surface area (Å²) in [7, 11) is 0. The molecule has 1 atom stereocenters. The van der Waals surface area contributed by atoms with Crippen LogP contribution >= 0.6 is 27.7 Å². The van der Waals surface area contributed by atoms with Crippen molar-refractivity contribution in [3.8, 4) is 0 Å². The summed E-state index contributed by atoms with van der Waals surface area (Å²) in [6.07, 6.45) is 0. The number of rotatable bonds is 3. The maximum atomic E-state index is 6.07. The molecule has 102 valence electrons. The van der Waals surface area contributed by atoms with E-state index in [0.717, 1.165) is 20.6 Å². The fourth-order valence-corrected chi connectivity index (χ4v) is 3.65. The van der Waals surface area contributed by atoms with Crippen molar-refractivity contribution in [2.24, 2.45) is 5.73 Å². The number of nitrogens with two attached hydrogens (primary N) is 1. The number of aromatic amines is 1. The standard InChI is InChI=1S/C16H15BrN2S/c1-10(18)13-9-12(17)6-7-15(13)20-16-8-11-4-2-3-5-14(11)19-16/h2-10,19H,18H2,1H3. The van der Waals surface area contributed by atoms with Gasteiger partial charge in [-0.2, -0.15) is 0 Å². The molecule has 0 aliphatic carbocycles. The molecule has 0 amide bonds. The van der Waals surface area contributed by atoms with Crippen molar-refractivity contribution in [2.75, 3.05) is 0 Å². The number of benzene rings is 2. The molecule has 0 radical (unpaired) electrons. The minimum atomic E-state index is 0.0133. The van der Waals surface area contributed by atoms with Gasteiger partial charge in [0.15, 0.2) is 0 Å². The molecule has 0 spiro atoms. The third-order valence-electron chi connectivity index (χ3n) is 3.19. The molecule has 0 aliphatic rings. The summed E-state index contributed by atoms with van der Waals surface area (Å²) in [6.45, 7) is 2.01. The lowest BCUT2D eigenvalue weighted by Gasteiger charge is -2.12. The normalized spacial score (nSPS) is 12.8. The lowest BCUT2D eigenvalue weighted by molar-refractivity contribution is 0.796. The number of para-hydroxylation sites is 1. The van der Waals surface area contributed by atoms with Gasteiger partial charge in [0.05, 0.1) is 5.03 Å². The van der Waals surface area contributed by atoms with Gasteiger partial charge in [-0.25, -0.2) is 0 Å². The van der Waals surface area contributed by atoms with E-state index in [0.29, 0.717) is 0 Å². The zero-order valence-electron chi connectivity index (χ0n) is 11.1. The van der Waals surface area contributed by atoms with Crippen LogP contribution in [-0.2, 0) is 0 Å². The van der Waals surface area contributed by atoms with Crippen molar-refractivity contribution in [1.29, 1.82) is 0 Å². The summed E-state index contributed by atoms with van der Waals surface area (Å²) < 4.78 is 1.06. The summed E-state index contributed by atoms with van der Waals surface area (Å²) in [5.41, 5.74) is 8.38. The van der Waals surface area contributed by atoms with Gasteiger partial charge in [-0.15, -0.1) is 0 Å². The number of halogens is 1. The third-order valence-corrected chi connectivity index (χ3v) is 4.71. The highest BCUT2D eigenvalue weighted by Crippen LogP contribution is 2.35. The predicted molar refractivity (Wildman–Crippen MR) is 89.2 cm³/mol. The van der Waals surface area contributed by atoms with Gasteiger partial charge in [-0.05, 0) is 42.8 Å². The molecule has 0 saturated carbocycles. The van der Waals surface area contributed by atoms with Gasteiger partial charge in [0.2, 0.25) is 0 Å². The molecule has 1 unspecified atom stereocenters. The number of H-pyrrole nitrogens is 1. The molecule has 3 aromatic rings. The van der Waals surface area contributed by atoms with Crippen LogP contribution in [0.1, 0.15) is 18.5 Å². The van der Waals surface area contributed by atoms with Crippen molar-refractivity contribution in [2.45, 2.75) is 22.9 Å². The van der Waals surface area contributed by atoms with E-state index in [9.17, 15) is 0 Å². The van der Waals surface area contributed by atoms with Crippen LogP contribution in [0.4, 0.5) is 0 Å². The molecule has 1 heterocycles. The highest BCUT2D eigenvalue weighted by molar-refractivity contribution is 9.10. The van der Waals surface area contributed by atoms with Crippen molar-refractivity contribution >= 4 is 38.6 Å². The zero-order valence-corrected chi connectivity index (χ0v) is 13.5. The van der Waals surface area contributed by atoms with Gasteiger partial charge in [-0.3, -0.25) is 0 Å². The summed E-state index contributed by atoms with van der Waals surface area (Å²) in [6, 6.07) is 16.7. The van der Waals surface area contributed by atoms with E-state index in [1.165, 1.54) is 10.3 Å². The Morgan fingerprint density at radius 1 is 1.15 bits per heavy atom. The van der Waals surface area contributed by atoms with Crippen LogP contribution in [0.2, 0.25) is 0 Å². The van der Waals surface area contributed by atoms with Crippen LogP contribution in [0.25, 0.3) is 10.9 Å². The monoisotopic (exact) mass is 346 g/mol. The highest BCUT2D eigenvalue weighted by atomic mass is 79.9. The Hall–Kier alpha value is -1.23. The van der Waals surface area contributed by atoms with Crippen molar-refractivity contribution in [1.82, 2.24) is 4.98 Å². The first-order chi connectivity index (χ1) is 9.63. The first kappa shape index (κ1) is 13.7. The van der Waals surface area contributed by atoms with Crippen LogP contribution in [0.5, 0.6) is 0 Å². The maximum absolute atomic E-state index is 6.07. The van der Waals surface area contributed by atoms with Crippen LogP contribution < -0.4 is 5.73 Å². The molecule has 0 bridgehead atoms. The largest absolute Gasteiger partial charge is 0.349 e. The first-order valence-corrected chi connectivity index (χ1v) is 8.05. The van der Waals surface area contributed by atoms with Gasteiger partial charge in [0.25, 0.3) is 0 Å². The van der Waals surface area contributed by atoms with E-state index >= 15 is 0 Å². The van der Waals surface area contributed by atoms with Gasteiger partial charge in [0.1, 0.15) is 0 Å².